The Kier molecular flexibility index (Phi) is 9.39. The number of hydrogen-bond donors (Lipinski definition) is 2. The highest BCUT2D eigenvalue weighted by molar-refractivity contribution is 6.03. The summed E-state index contributed by atoms with van der Waals surface area (Å²) in [5, 5.41) is 2.41. The molecule has 0 aliphatic carbocycles. The van der Waals surface area contributed by atoms with Crippen LogP contribution in [0.25, 0.3) is 11.3 Å². The highest BCUT2D eigenvalue weighted by atomic mass is 19.1. The molecule has 0 spiro atoms. The van der Waals surface area contributed by atoms with Crippen molar-refractivity contribution in [2.75, 3.05) is 23.3 Å². The summed E-state index contributed by atoms with van der Waals surface area (Å²) in [5.74, 6) is -2.14. The van der Waals surface area contributed by atoms with Crippen LogP contribution in [0, 0.1) is 24.4 Å². The van der Waals surface area contributed by atoms with Gasteiger partial charge in [0.25, 0.3) is 5.91 Å². The molecule has 1 aliphatic heterocycles. The molecule has 1 fully saturated rings. The first-order chi connectivity index (χ1) is 23.1. The number of nitrogens with two attached hydrogens (primary N) is 1. The second-order valence-electron chi connectivity index (χ2n) is 11.3. The van der Waals surface area contributed by atoms with Gasteiger partial charge in [0.2, 0.25) is 5.88 Å². The Morgan fingerprint density at radius 2 is 1.79 bits per heavy atom. The first-order valence-corrected chi connectivity index (χ1v) is 15.1. The summed E-state index contributed by atoms with van der Waals surface area (Å²) in [6.45, 7) is 3.74. The Bertz CT molecular complexity index is 1930. The third-order valence-electron chi connectivity index (χ3n) is 8.15. The average Bonchev–Trinajstić information content (AvgIpc) is 3.60. The summed E-state index contributed by atoms with van der Waals surface area (Å²) >= 11 is 0. The van der Waals surface area contributed by atoms with Crippen LogP contribution in [-0.4, -0.2) is 45.9 Å². The van der Waals surface area contributed by atoms with Crippen LogP contribution in [0.5, 0.6) is 11.6 Å². The van der Waals surface area contributed by atoms with E-state index in [1.807, 2.05) is 43.3 Å². The van der Waals surface area contributed by atoms with Gasteiger partial charge in [-0.1, -0.05) is 12.1 Å². The predicted molar refractivity (Wildman–Crippen MR) is 172 cm³/mol. The van der Waals surface area contributed by atoms with Crippen molar-refractivity contribution in [3.8, 4) is 23.0 Å². The van der Waals surface area contributed by atoms with Gasteiger partial charge in [-0.05, 0) is 73.9 Å². The lowest BCUT2D eigenvalue weighted by atomic mass is 10.0. The number of carbonyl (C=O) groups excluding carboxylic acids is 2. The lowest BCUT2D eigenvalue weighted by Crippen LogP contribution is -2.49. The summed E-state index contributed by atoms with van der Waals surface area (Å²) in [7, 11) is 0. The summed E-state index contributed by atoms with van der Waals surface area (Å²) in [6, 6.07) is 16.9. The molecule has 1 saturated heterocycles. The molecule has 3 N–H and O–H groups in total. The van der Waals surface area contributed by atoms with Crippen LogP contribution in [-0.2, 0) is 6.54 Å². The molecule has 2 aromatic heterocycles. The van der Waals surface area contributed by atoms with Crippen LogP contribution in [0.2, 0.25) is 0 Å². The van der Waals surface area contributed by atoms with Crippen molar-refractivity contribution in [1.82, 2.24) is 14.9 Å². The highest BCUT2D eigenvalue weighted by Crippen LogP contribution is 2.29. The summed E-state index contributed by atoms with van der Waals surface area (Å²) < 4.78 is 54.2. The third kappa shape index (κ3) is 7.31. The van der Waals surface area contributed by atoms with Gasteiger partial charge in [-0.3, -0.25) is 14.6 Å². The number of aryl methyl sites for hydroxylation is 1. The maximum absolute atomic E-state index is 14.6. The predicted octanol–water partition coefficient (Wildman–Crippen LogP) is 7.06. The molecule has 0 saturated carbocycles. The number of rotatable bonds is 9. The number of urea groups is 1. The number of halogens is 3. The monoisotopic (exact) mass is 656 g/mol. The van der Waals surface area contributed by atoms with Gasteiger partial charge in [0, 0.05) is 54.8 Å². The maximum atomic E-state index is 14.6. The van der Waals surface area contributed by atoms with E-state index in [9.17, 15) is 22.8 Å². The SMILES string of the molecule is Cc1nc(Oc2ccc(-c3cnco3)cc2)ccc1CN1CCC(N(C(=O)Nc2cc(C(N)=O)c(F)cc2F)c2cccc(F)c2)CC1. The van der Waals surface area contributed by atoms with Crippen LogP contribution in [0.3, 0.4) is 0 Å². The number of nitrogens with zero attached hydrogens (tertiary/aromatic N) is 4. The van der Waals surface area contributed by atoms with Crippen LogP contribution in [0.4, 0.5) is 29.3 Å². The molecule has 0 radical (unpaired) electrons. The minimum atomic E-state index is -1.14. The molecule has 0 bridgehead atoms. The molecule has 10 nitrogen and oxygen atoms in total. The Labute approximate surface area is 274 Å². The minimum Gasteiger partial charge on any atom is -0.444 e. The van der Waals surface area contributed by atoms with E-state index >= 15 is 0 Å². The zero-order valence-electron chi connectivity index (χ0n) is 25.8. The molecule has 3 heterocycles. The van der Waals surface area contributed by atoms with E-state index in [-0.39, 0.29) is 11.7 Å². The molecule has 5 aromatic rings. The molecular weight excluding hydrogens is 625 g/mol. The number of piperidine rings is 1. The number of anilines is 2. The van der Waals surface area contributed by atoms with Crippen molar-refractivity contribution in [1.29, 1.82) is 0 Å². The summed E-state index contributed by atoms with van der Waals surface area (Å²) in [4.78, 5) is 37.3. The van der Waals surface area contributed by atoms with Crippen LogP contribution < -0.4 is 20.7 Å². The van der Waals surface area contributed by atoms with Crippen molar-refractivity contribution in [2.24, 2.45) is 5.73 Å². The Balaban J connectivity index is 1.11. The summed E-state index contributed by atoms with van der Waals surface area (Å²) in [5.41, 5.74) is 7.18. The molecular formula is C35H31F3N6O4. The van der Waals surface area contributed by atoms with E-state index in [1.165, 1.54) is 29.5 Å². The molecule has 6 rings (SSSR count). The Hall–Kier alpha value is -5.69. The van der Waals surface area contributed by atoms with E-state index in [0.29, 0.717) is 55.9 Å². The first kappa shape index (κ1) is 32.3. The van der Waals surface area contributed by atoms with Gasteiger partial charge in [-0.25, -0.2) is 27.9 Å². The first-order valence-electron chi connectivity index (χ1n) is 15.1. The third-order valence-corrected chi connectivity index (χ3v) is 8.15. The van der Waals surface area contributed by atoms with Gasteiger partial charge in [0.05, 0.1) is 17.4 Å². The van der Waals surface area contributed by atoms with E-state index in [2.05, 4.69) is 20.2 Å². The summed E-state index contributed by atoms with van der Waals surface area (Å²) in [6.07, 6.45) is 4.07. The topological polar surface area (TPSA) is 127 Å². The van der Waals surface area contributed by atoms with E-state index in [1.54, 1.807) is 12.3 Å². The van der Waals surface area contributed by atoms with E-state index in [4.69, 9.17) is 14.9 Å². The zero-order chi connectivity index (χ0) is 33.8. The molecule has 48 heavy (non-hydrogen) atoms. The number of benzene rings is 3. The van der Waals surface area contributed by atoms with Gasteiger partial charge in [0.1, 0.15) is 23.2 Å². The quantitative estimate of drug-likeness (QED) is 0.174. The number of oxazole rings is 1. The normalized spacial score (nSPS) is 13.7. The second-order valence-corrected chi connectivity index (χ2v) is 11.3. The minimum absolute atomic E-state index is 0.270. The number of likely N-dealkylation sites (tertiary alicyclic amines) is 1. The fourth-order valence-corrected chi connectivity index (χ4v) is 5.66. The molecule has 1 aliphatic rings. The lowest BCUT2D eigenvalue weighted by molar-refractivity contribution is 0.0996. The van der Waals surface area contributed by atoms with Gasteiger partial charge in [0.15, 0.2) is 12.2 Å². The molecule has 0 unspecified atom stereocenters. The van der Waals surface area contributed by atoms with Crippen LogP contribution >= 0.6 is 0 Å². The molecule has 3 aromatic carbocycles. The van der Waals surface area contributed by atoms with Crippen molar-refractivity contribution in [3.63, 3.8) is 0 Å². The number of carbonyl (C=O) groups is 2. The van der Waals surface area contributed by atoms with Gasteiger partial charge >= 0.3 is 6.03 Å². The second kappa shape index (κ2) is 14.0. The average molecular weight is 657 g/mol. The number of amides is 3. The van der Waals surface area contributed by atoms with Crippen molar-refractivity contribution in [2.45, 2.75) is 32.4 Å². The van der Waals surface area contributed by atoms with Gasteiger partial charge < -0.3 is 20.2 Å². The molecule has 3 amide bonds. The fraction of sp³-hybridized carbons (Fsp3) is 0.200. The van der Waals surface area contributed by atoms with Crippen molar-refractivity contribution in [3.05, 3.63) is 120 Å². The number of ether oxygens (including phenoxy) is 1. The number of aromatic nitrogens is 2. The zero-order valence-corrected chi connectivity index (χ0v) is 25.8. The largest absolute Gasteiger partial charge is 0.444 e. The van der Waals surface area contributed by atoms with Crippen molar-refractivity contribution < 1.29 is 31.9 Å². The maximum Gasteiger partial charge on any atom is 0.326 e. The Morgan fingerprint density at radius 1 is 1.02 bits per heavy atom. The smallest absolute Gasteiger partial charge is 0.326 e. The number of nitrogens with one attached hydrogen (secondary N) is 1. The van der Waals surface area contributed by atoms with Gasteiger partial charge in [-0.2, -0.15) is 0 Å². The van der Waals surface area contributed by atoms with E-state index < -0.39 is 40.6 Å². The molecule has 246 valence electrons. The van der Waals surface area contributed by atoms with Crippen molar-refractivity contribution >= 4 is 23.3 Å². The number of hydrogen-bond acceptors (Lipinski definition) is 7. The number of primary amides is 1. The highest BCUT2D eigenvalue weighted by Gasteiger charge is 2.31. The molecule has 0 atom stereocenters. The Morgan fingerprint density at radius 3 is 2.46 bits per heavy atom. The van der Waals surface area contributed by atoms with Crippen LogP contribution in [0.1, 0.15) is 34.5 Å². The van der Waals surface area contributed by atoms with Crippen LogP contribution in [0.15, 0.2) is 89.8 Å². The van der Waals surface area contributed by atoms with Gasteiger partial charge in [-0.15, -0.1) is 0 Å². The number of pyridine rings is 1. The molecule has 13 heteroatoms. The lowest BCUT2D eigenvalue weighted by Gasteiger charge is -2.38. The fourth-order valence-electron chi connectivity index (χ4n) is 5.66. The standard InChI is InChI=1S/C35H31F3N6O4/c1-21-23(7-10-33(41-21)48-27-8-5-22(6-9-27)32-18-40-20-47-32)19-43-13-11-25(12-14-43)44(26-4-2-3-24(36)15-26)35(46)42-31-16-28(34(39)45)29(37)17-30(31)38/h2-10,15-18,20,25H,11-14,19H2,1H3,(H2,39,45)(H,42,46). The van der Waals surface area contributed by atoms with E-state index in [0.717, 1.165) is 22.9 Å².